The van der Waals surface area contributed by atoms with E-state index in [4.69, 9.17) is 0 Å². The van der Waals surface area contributed by atoms with Gasteiger partial charge < -0.3 is 9.80 Å². The summed E-state index contributed by atoms with van der Waals surface area (Å²) >= 11 is 0. The molecule has 0 radical (unpaired) electrons. The first-order chi connectivity index (χ1) is 8.97. The van der Waals surface area contributed by atoms with Crippen LogP contribution in [-0.2, 0) is 17.8 Å². The molecule has 0 aliphatic carbocycles. The molecular weight excluding hydrogens is 236 g/mol. The monoisotopic (exact) mass is 260 g/mol. The molecule has 1 aliphatic rings. The van der Waals surface area contributed by atoms with E-state index in [1.165, 1.54) is 16.7 Å². The van der Waals surface area contributed by atoms with Gasteiger partial charge in [0.05, 0.1) is 6.54 Å². The zero-order valence-electron chi connectivity index (χ0n) is 12.4. The zero-order valence-corrected chi connectivity index (χ0v) is 12.4. The summed E-state index contributed by atoms with van der Waals surface area (Å²) < 4.78 is 0. The maximum atomic E-state index is 12.1. The van der Waals surface area contributed by atoms with E-state index in [1.807, 2.05) is 23.9 Å². The van der Waals surface area contributed by atoms with Gasteiger partial charge in [0, 0.05) is 13.1 Å². The molecule has 0 bridgehead atoms. The molecule has 0 saturated heterocycles. The first-order valence-corrected chi connectivity index (χ1v) is 7.01. The van der Waals surface area contributed by atoms with Gasteiger partial charge in [-0.2, -0.15) is 0 Å². The van der Waals surface area contributed by atoms with Gasteiger partial charge in [-0.05, 0) is 43.1 Å². The van der Waals surface area contributed by atoms with Gasteiger partial charge in [0.15, 0.2) is 0 Å². The van der Waals surface area contributed by atoms with E-state index in [0.29, 0.717) is 12.5 Å². The molecule has 0 N–H and O–H groups in total. The molecule has 0 spiro atoms. The number of carbonyl (C=O) groups excluding carboxylic acids is 1. The molecular formula is C16H24N2O. The minimum Gasteiger partial charge on any atom is -0.337 e. The average molecular weight is 260 g/mol. The first-order valence-electron chi connectivity index (χ1n) is 7.01. The van der Waals surface area contributed by atoms with Crippen LogP contribution in [0.15, 0.2) is 18.2 Å². The Morgan fingerprint density at radius 1 is 1.32 bits per heavy atom. The maximum Gasteiger partial charge on any atom is 0.237 e. The van der Waals surface area contributed by atoms with Crippen molar-refractivity contribution < 1.29 is 4.79 Å². The van der Waals surface area contributed by atoms with E-state index in [0.717, 1.165) is 19.5 Å². The molecule has 0 aromatic heterocycles. The van der Waals surface area contributed by atoms with Gasteiger partial charge in [-0.3, -0.25) is 4.79 Å². The fourth-order valence-corrected chi connectivity index (χ4v) is 2.52. The highest BCUT2D eigenvalue weighted by molar-refractivity contribution is 5.78. The van der Waals surface area contributed by atoms with Crippen molar-refractivity contribution in [1.82, 2.24) is 9.80 Å². The highest BCUT2D eigenvalue weighted by Crippen LogP contribution is 2.24. The molecule has 2 rings (SSSR count). The molecule has 1 aliphatic heterocycles. The normalized spacial score (nSPS) is 14.9. The Labute approximate surface area is 116 Å². The third kappa shape index (κ3) is 3.35. The topological polar surface area (TPSA) is 23.6 Å². The van der Waals surface area contributed by atoms with Gasteiger partial charge in [-0.1, -0.05) is 32.0 Å². The van der Waals surface area contributed by atoms with Crippen molar-refractivity contribution in [3.63, 3.8) is 0 Å². The van der Waals surface area contributed by atoms with Gasteiger partial charge in [0.1, 0.15) is 0 Å². The standard InChI is InChI=1S/C16H24N2O/c1-12(2)13-5-6-15-10-18(8-7-14(15)9-13)16(19)11-17(3)4/h5-6,9,12H,7-8,10-11H2,1-4H3. The summed E-state index contributed by atoms with van der Waals surface area (Å²) in [6, 6.07) is 6.71. The summed E-state index contributed by atoms with van der Waals surface area (Å²) in [7, 11) is 3.87. The van der Waals surface area contributed by atoms with Crippen LogP contribution in [0.4, 0.5) is 0 Å². The minimum absolute atomic E-state index is 0.226. The van der Waals surface area contributed by atoms with Crippen molar-refractivity contribution in [1.29, 1.82) is 0 Å². The van der Waals surface area contributed by atoms with Crippen LogP contribution in [0.5, 0.6) is 0 Å². The van der Waals surface area contributed by atoms with Crippen LogP contribution in [0.25, 0.3) is 0 Å². The van der Waals surface area contributed by atoms with E-state index in [1.54, 1.807) is 0 Å². The van der Waals surface area contributed by atoms with Gasteiger partial charge in [-0.25, -0.2) is 0 Å². The molecule has 1 heterocycles. The second-order valence-corrected chi connectivity index (χ2v) is 5.99. The molecule has 0 atom stereocenters. The lowest BCUT2D eigenvalue weighted by Gasteiger charge is -2.30. The lowest BCUT2D eigenvalue weighted by molar-refractivity contribution is -0.132. The van der Waals surface area contributed by atoms with Crippen molar-refractivity contribution in [2.75, 3.05) is 27.2 Å². The van der Waals surface area contributed by atoms with E-state index >= 15 is 0 Å². The van der Waals surface area contributed by atoms with Gasteiger partial charge in [0.25, 0.3) is 0 Å². The Morgan fingerprint density at radius 2 is 2.05 bits per heavy atom. The summed E-state index contributed by atoms with van der Waals surface area (Å²) in [5.41, 5.74) is 4.12. The number of carbonyl (C=O) groups is 1. The molecule has 0 saturated carbocycles. The Bertz CT molecular complexity index is 466. The van der Waals surface area contributed by atoms with E-state index in [2.05, 4.69) is 32.0 Å². The number of hydrogen-bond acceptors (Lipinski definition) is 2. The Hall–Kier alpha value is -1.35. The number of likely N-dealkylation sites (N-methyl/N-ethyl adjacent to an activating group) is 1. The second kappa shape index (κ2) is 5.74. The lowest BCUT2D eigenvalue weighted by atomic mass is 9.93. The number of fused-ring (bicyclic) bond motifs is 1. The molecule has 0 unspecified atom stereocenters. The highest BCUT2D eigenvalue weighted by atomic mass is 16.2. The largest absolute Gasteiger partial charge is 0.337 e. The molecule has 0 fully saturated rings. The third-order valence-electron chi connectivity index (χ3n) is 3.71. The van der Waals surface area contributed by atoms with Crippen molar-refractivity contribution in [2.45, 2.75) is 32.7 Å². The fourth-order valence-electron chi connectivity index (χ4n) is 2.52. The van der Waals surface area contributed by atoms with E-state index < -0.39 is 0 Å². The number of hydrogen-bond donors (Lipinski definition) is 0. The summed E-state index contributed by atoms with van der Waals surface area (Å²) in [4.78, 5) is 16.0. The molecule has 104 valence electrons. The first kappa shape index (κ1) is 14.1. The zero-order chi connectivity index (χ0) is 14.0. The van der Waals surface area contributed by atoms with Crippen molar-refractivity contribution in [2.24, 2.45) is 0 Å². The van der Waals surface area contributed by atoms with Crippen molar-refractivity contribution in [3.8, 4) is 0 Å². The highest BCUT2D eigenvalue weighted by Gasteiger charge is 2.21. The predicted molar refractivity (Wildman–Crippen MR) is 78.2 cm³/mol. The summed E-state index contributed by atoms with van der Waals surface area (Å²) in [6.45, 7) is 6.55. The van der Waals surface area contributed by atoms with Gasteiger partial charge in [0.2, 0.25) is 5.91 Å². The minimum atomic E-state index is 0.226. The third-order valence-corrected chi connectivity index (χ3v) is 3.71. The van der Waals surface area contributed by atoms with Crippen LogP contribution in [0.2, 0.25) is 0 Å². The predicted octanol–water partition coefficient (Wildman–Crippen LogP) is 2.26. The van der Waals surface area contributed by atoms with Gasteiger partial charge in [-0.15, -0.1) is 0 Å². The molecule has 3 heteroatoms. The number of nitrogens with zero attached hydrogens (tertiary/aromatic N) is 2. The molecule has 1 aromatic carbocycles. The number of amides is 1. The maximum absolute atomic E-state index is 12.1. The second-order valence-electron chi connectivity index (χ2n) is 5.99. The van der Waals surface area contributed by atoms with Crippen LogP contribution in [-0.4, -0.2) is 42.9 Å². The van der Waals surface area contributed by atoms with Crippen LogP contribution in [0, 0.1) is 0 Å². The van der Waals surface area contributed by atoms with Crippen LogP contribution < -0.4 is 0 Å². The number of benzene rings is 1. The summed E-state index contributed by atoms with van der Waals surface area (Å²) in [6.07, 6.45) is 0.981. The SMILES string of the molecule is CC(C)c1ccc2c(c1)CCN(C(=O)CN(C)C)C2. The summed E-state index contributed by atoms with van der Waals surface area (Å²) in [5.74, 6) is 0.794. The van der Waals surface area contributed by atoms with Crippen LogP contribution in [0.1, 0.15) is 36.5 Å². The van der Waals surface area contributed by atoms with E-state index in [9.17, 15) is 4.79 Å². The molecule has 19 heavy (non-hydrogen) atoms. The Morgan fingerprint density at radius 3 is 2.68 bits per heavy atom. The lowest BCUT2D eigenvalue weighted by Crippen LogP contribution is -2.40. The molecule has 1 aromatic rings. The smallest absolute Gasteiger partial charge is 0.237 e. The van der Waals surface area contributed by atoms with E-state index in [-0.39, 0.29) is 5.91 Å². The summed E-state index contributed by atoms with van der Waals surface area (Å²) in [5, 5.41) is 0. The van der Waals surface area contributed by atoms with Crippen LogP contribution in [0.3, 0.4) is 0 Å². The van der Waals surface area contributed by atoms with Crippen LogP contribution >= 0.6 is 0 Å². The average Bonchev–Trinajstić information content (AvgIpc) is 2.36. The fraction of sp³-hybridized carbons (Fsp3) is 0.562. The molecule has 1 amide bonds. The quantitative estimate of drug-likeness (QED) is 0.832. The Kier molecular flexibility index (Phi) is 4.25. The Balaban J connectivity index is 2.10. The van der Waals surface area contributed by atoms with Crippen molar-refractivity contribution >= 4 is 5.91 Å². The number of rotatable bonds is 3. The van der Waals surface area contributed by atoms with Crippen molar-refractivity contribution in [3.05, 3.63) is 34.9 Å². The van der Waals surface area contributed by atoms with Gasteiger partial charge >= 0.3 is 0 Å². The molecule has 3 nitrogen and oxygen atoms in total.